The predicted octanol–water partition coefficient (Wildman–Crippen LogP) is 4.14. The summed E-state index contributed by atoms with van der Waals surface area (Å²) >= 11 is 0. The molecule has 26 heavy (non-hydrogen) atoms. The third kappa shape index (κ3) is 3.10. The number of carbonyl (C=O) groups is 1. The molecule has 0 radical (unpaired) electrons. The van der Waals surface area contributed by atoms with Gasteiger partial charge in [0, 0.05) is 12.1 Å². The van der Waals surface area contributed by atoms with Crippen molar-refractivity contribution in [3.05, 3.63) is 72.3 Å². The molecular formula is C22H21NO3. The zero-order valence-electron chi connectivity index (χ0n) is 14.7. The molecule has 0 aromatic heterocycles. The summed E-state index contributed by atoms with van der Waals surface area (Å²) in [5.41, 5.74) is 0.724. The van der Waals surface area contributed by atoms with Crippen LogP contribution in [-0.4, -0.2) is 36.6 Å². The first-order chi connectivity index (χ1) is 12.8. The molecule has 0 spiro atoms. The molecule has 4 nitrogen and oxygen atoms in total. The van der Waals surface area contributed by atoms with Crippen molar-refractivity contribution in [2.75, 3.05) is 19.7 Å². The van der Waals surface area contributed by atoms with Gasteiger partial charge in [-0.05, 0) is 35.9 Å². The number of ether oxygens (including phenoxy) is 2. The topological polar surface area (TPSA) is 38.8 Å². The Bertz CT molecular complexity index is 932. The highest BCUT2D eigenvalue weighted by Gasteiger charge is 2.25. The molecule has 0 aliphatic carbocycles. The molecule has 3 aromatic rings. The Labute approximate surface area is 153 Å². The Kier molecular flexibility index (Phi) is 4.48. The molecule has 4 heteroatoms. The van der Waals surface area contributed by atoms with Gasteiger partial charge < -0.3 is 14.4 Å². The molecule has 0 N–H and O–H groups in total. The van der Waals surface area contributed by atoms with E-state index in [0.29, 0.717) is 19.7 Å². The van der Waals surface area contributed by atoms with E-state index in [2.05, 4.69) is 0 Å². The van der Waals surface area contributed by atoms with Crippen molar-refractivity contribution >= 4 is 16.7 Å². The molecule has 0 saturated carbocycles. The number of hydrogen-bond acceptors (Lipinski definition) is 3. The monoisotopic (exact) mass is 347 g/mol. The third-order valence-corrected chi connectivity index (χ3v) is 4.68. The van der Waals surface area contributed by atoms with E-state index in [-0.39, 0.29) is 12.0 Å². The first-order valence-electron chi connectivity index (χ1n) is 8.92. The van der Waals surface area contributed by atoms with Crippen LogP contribution in [0.3, 0.4) is 0 Å². The molecule has 1 aliphatic heterocycles. The number of rotatable bonds is 4. The van der Waals surface area contributed by atoms with Crippen molar-refractivity contribution in [2.24, 2.45) is 0 Å². The Hall–Kier alpha value is -3.01. The van der Waals surface area contributed by atoms with Crippen LogP contribution in [0.25, 0.3) is 10.8 Å². The van der Waals surface area contributed by atoms with Crippen molar-refractivity contribution in [1.29, 1.82) is 0 Å². The van der Waals surface area contributed by atoms with Crippen LogP contribution in [-0.2, 0) is 0 Å². The van der Waals surface area contributed by atoms with E-state index in [1.54, 1.807) is 0 Å². The molecule has 132 valence electrons. The summed E-state index contributed by atoms with van der Waals surface area (Å²) in [6, 6.07) is 21.4. The molecule has 3 aromatic carbocycles. The van der Waals surface area contributed by atoms with E-state index < -0.39 is 0 Å². The van der Waals surface area contributed by atoms with Crippen LogP contribution in [0, 0.1) is 0 Å². The van der Waals surface area contributed by atoms with Crippen LogP contribution in [0.2, 0.25) is 0 Å². The fourth-order valence-corrected chi connectivity index (χ4v) is 3.34. The van der Waals surface area contributed by atoms with Gasteiger partial charge in [0.15, 0.2) is 17.6 Å². The highest BCUT2D eigenvalue weighted by molar-refractivity contribution is 6.07. The average Bonchev–Trinajstić information content (AvgIpc) is 2.71. The Morgan fingerprint density at radius 1 is 1.00 bits per heavy atom. The number of carbonyl (C=O) groups excluding carboxylic acids is 1. The van der Waals surface area contributed by atoms with Gasteiger partial charge in [0.25, 0.3) is 5.91 Å². The van der Waals surface area contributed by atoms with Gasteiger partial charge in [-0.15, -0.1) is 0 Å². The van der Waals surface area contributed by atoms with E-state index >= 15 is 0 Å². The van der Waals surface area contributed by atoms with Gasteiger partial charge in [-0.1, -0.05) is 48.5 Å². The zero-order chi connectivity index (χ0) is 17.9. The second kappa shape index (κ2) is 7.08. The quantitative estimate of drug-likeness (QED) is 0.712. The second-order valence-electron chi connectivity index (χ2n) is 6.37. The molecule has 0 bridgehead atoms. The van der Waals surface area contributed by atoms with Crippen LogP contribution in [0.4, 0.5) is 0 Å². The van der Waals surface area contributed by atoms with Crippen molar-refractivity contribution < 1.29 is 14.3 Å². The Morgan fingerprint density at radius 3 is 2.58 bits per heavy atom. The lowest BCUT2D eigenvalue weighted by Gasteiger charge is -2.31. The summed E-state index contributed by atoms with van der Waals surface area (Å²) in [6.45, 7) is 3.54. The van der Waals surface area contributed by atoms with E-state index in [9.17, 15) is 4.79 Å². The van der Waals surface area contributed by atoms with Gasteiger partial charge in [-0.2, -0.15) is 0 Å². The molecule has 1 unspecified atom stereocenters. The van der Waals surface area contributed by atoms with Gasteiger partial charge in [-0.3, -0.25) is 4.79 Å². The fraction of sp³-hybridized carbons (Fsp3) is 0.227. The van der Waals surface area contributed by atoms with E-state index in [1.165, 1.54) is 0 Å². The van der Waals surface area contributed by atoms with Crippen LogP contribution in [0.5, 0.6) is 11.5 Å². The molecular weight excluding hydrogens is 326 g/mol. The smallest absolute Gasteiger partial charge is 0.254 e. The Balaban J connectivity index is 1.55. The van der Waals surface area contributed by atoms with Crippen LogP contribution >= 0.6 is 0 Å². The lowest BCUT2D eigenvalue weighted by atomic mass is 10.0. The lowest BCUT2D eigenvalue weighted by molar-refractivity contribution is 0.0476. The fourth-order valence-electron chi connectivity index (χ4n) is 3.34. The van der Waals surface area contributed by atoms with E-state index in [0.717, 1.165) is 27.8 Å². The van der Waals surface area contributed by atoms with Crippen LogP contribution in [0.1, 0.15) is 17.3 Å². The van der Waals surface area contributed by atoms with Crippen LogP contribution < -0.4 is 9.47 Å². The summed E-state index contributed by atoms with van der Waals surface area (Å²) in [6.07, 6.45) is -0.177. The van der Waals surface area contributed by atoms with Gasteiger partial charge in [-0.25, -0.2) is 0 Å². The Morgan fingerprint density at radius 2 is 1.73 bits per heavy atom. The van der Waals surface area contributed by atoms with Crippen LogP contribution in [0.15, 0.2) is 66.7 Å². The minimum absolute atomic E-state index is 0.0201. The molecule has 4 rings (SSSR count). The third-order valence-electron chi connectivity index (χ3n) is 4.68. The number of hydrogen-bond donors (Lipinski definition) is 0. The predicted molar refractivity (Wildman–Crippen MR) is 102 cm³/mol. The first kappa shape index (κ1) is 16.5. The molecule has 0 fully saturated rings. The van der Waals surface area contributed by atoms with Crippen molar-refractivity contribution in [1.82, 2.24) is 4.90 Å². The van der Waals surface area contributed by atoms with E-state index in [4.69, 9.17) is 9.47 Å². The summed E-state index contributed by atoms with van der Waals surface area (Å²) in [4.78, 5) is 15.0. The summed E-state index contributed by atoms with van der Waals surface area (Å²) in [5, 5.41) is 2.05. The maximum absolute atomic E-state index is 13.1. The zero-order valence-corrected chi connectivity index (χ0v) is 14.7. The molecule has 1 atom stereocenters. The standard InChI is InChI=1S/C22H21NO3/c1-2-23(14-17-15-25-20-12-5-6-13-21(20)26-17)22(24)19-11-7-9-16-8-3-4-10-18(16)19/h3-13,17H,2,14-15H2,1H3. The number of para-hydroxylation sites is 2. The average molecular weight is 347 g/mol. The minimum Gasteiger partial charge on any atom is -0.486 e. The number of nitrogens with zero attached hydrogens (tertiary/aromatic N) is 1. The summed E-state index contributed by atoms with van der Waals surface area (Å²) < 4.78 is 11.8. The summed E-state index contributed by atoms with van der Waals surface area (Å²) in [5.74, 6) is 1.51. The number of benzene rings is 3. The minimum atomic E-state index is -0.177. The van der Waals surface area contributed by atoms with Crippen molar-refractivity contribution in [3.63, 3.8) is 0 Å². The number of fused-ring (bicyclic) bond motifs is 2. The maximum Gasteiger partial charge on any atom is 0.254 e. The molecule has 1 heterocycles. The normalized spacial score (nSPS) is 15.7. The van der Waals surface area contributed by atoms with E-state index in [1.807, 2.05) is 78.6 Å². The lowest BCUT2D eigenvalue weighted by Crippen LogP contribution is -2.43. The van der Waals surface area contributed by atoms with Gasteiger partial charge >= 0.3 is 0 Å². The number of likely N-dealkylation sites (N-methyl/N-ethyl adjacent to an activating group) is 1. The molecule has 1 amide bonds. The first-order valence-corrected chi connectivity index (χ1v) is 8.92. The second-order valence-corrected chi connectivity index (χ2v) is 6.37. The SMILES string of the molecule is CCN(CC1COc2ccccc2O1)C(=O)c1cccc2ccccc12. The molecule has 1 aliphatic rings. The van der Waals surface area contributed by atoms with Crippen molar-refractivity contribution in [3.8, 4) is 11.5 Å². The van der Waals surface area contributed by atoms with Gasteiger partial charge in [0.1, 0.15) is 6.61 Å². The largest absolute Gasteiger partial charge is 0.486 e. The maximum atomic E-state index is 13.1. The highest BCUT2D eigenvalue weighted by Crippen LogP contribution is 2.31. The van der Waals surface area contributed by atoms with Gasteiger partial charge in [0.2, 0.25) is 0 Å². The van der Waals surface area contributed by atoms with Gasteiger partial charge in [0.05, 0.1) is 6.54 Å². The van der Waals surface area contributed by atoms with Crippen molar-refractivity contribution in [2.45, 2.75) is 13.0 Å². The highest BCUT2D eigenvalue weighted by atomic mass is 16.6. The number of amides is 1. The summed E-state index contributed by atoms with van der Waals surface area (Å²) in [7, 11) is 0. The molecule has 0 saturated heterocycles.